The molecule has 1 N–H and O–H groups in total. The van der Waals surface area contributed by atoms with Gasteiger partial charge in [-0.1, -0.05) is 48.0 Å². The maximum absolute atomic E-state index is 12.3. The SMILES string of the molecule is Cc1ccc([C@H]2CC(c3ccccc3NS(C)(=O)=O)=NN2S(C)(=O)=O)cc1. The maximum atomic E-state index is 12.3. The monoisotopic (exact) mass is 407 g/mol. The molecule has 0 fully saturated rings. The Balaban J connectivity index is 2.04. The Morgan fingerprint density at radius 1 is 1.00 bits per heavy atom. The first-order chi connectivity index (χ1) is 12.5. The number of hydrazone groups is 1. The van der Waals surface area contributed by atoms with Gasteiger partial charge in [0, 0.05) is 12.0 Å². The molecule has 0 bridgehead atoms. The van der Waals surface area contributed by atoms with Gasteiger partial charge in [0.2, 0.25) is 20.0 Å². The first-order valence-corrected chi connectivity index (χ1v) is 12.0. The van der Waals surface area contributed by atoms with Gasteiger partial charge in [0.1, 0.15) is 0 Å². The van der Waals surface area contributed by atoms with E-state index in [0.29, 0.717) is 23.4 Å². The molecule has 0 aliphatic carbocycles. The molecule has 1 atom stereocenters. The standard InChI is InChI=1S/C18H21N3O4S2/c1-13-8-10-14(11-9-13)18-12-17(19-21(18)27(3,24)25)15-6-4-5-7-16(15)20-26(2,22)23/h4-11,18,20H,12H2,1-3H3/t18-/m1/s1. The minimum atomic E-state index is -3.59. The zero-order chi connectivity index (χ0) is 19.8. The zero-order valence-corrected chi connectivity index (χ0v) is 16.9. The van der Waals surface area contributed by atoms with E-state index in [9.17, 15) is 16.8 Å². The van der Waals surface area contributed by atoms with E-state index in [2.05, 4.69) is 9.82 Å². The fourth-order valence-electron chi connectivity index (χ4n) is 3.02. The molecule has 2 aromatic carbocycles. The van der Waals surface area contributed by atoms with Gasteiger partial charge in [-0.15, -0.1) is 0 Å². The van der Waals surface area contributed by atoms with Crippen LogP contribution >= 0.6 is 0 Å². The predicted octanol–water partition coefficient (Wildman–Crippen LogP) is 2.48. The molecule has 144 valence electrons. The summed E-state index contributed by atoms with van der Waals surface area (Å²) in [7, 11) is -7.07. The van der Waals surface area contributed by atoms with Crippen LogP contribution in [0.4, 0.5) is 5.69 Å². The van der Waals surface area contributed by atoms with Gasteiger partial charge in [-0.2, -0.15) is 9.52 Å². The number of sulfonamides is 2. The number of para-hydroxylation sites is 1. The van der Waals surface area contributed by atoms with E-state index < -0.39 is 26.1 Å². The summed E-state index contributed by atoms with van der Waals surface area (Å²) in [4.78, 5) is 0. The number of hydrogen-bond donors (Lipinski definition) is 1. The summed E-state index contributed by atoms with van der Waals surface area (Å²) in [5, 5.41) is 4.33. The first kappa shape index (κ1) is 19.4. The Labute approximate surface area is 159 Å². The molecule has 2 aromatic rings. The van der Waals surface area contributed by atoms with Gasteiger partial charge >= 0.3 is 0 Å². The van der Waals surface area contributed by atoms with Crippen molar-refractivity contribution in [3.8, 4) is 0 Å². The van der Waals surface area contributed by atoms with Gasteiger partial charge in [-0.05, 0) is 18.6 Å². The molecule has 0 aromatic heterocycles. The second-order valence-corrected chi connectivity index (χ2v) is 10.2. The van der Waals surface area contributed by atoms with Gasteiger partial charge in [0.15, 0.2) is 0 Å². The van der Waals surface area contributed by atoms with Crippen molar-refractivity contribution < 1.29 is 16.8 Å². The number of anilines is 1. The van der Waals surface area contributed by atoms with Crippen molar-refractivity contribution in [2.75, 3.05) is 17.2 Å². The van der Waals surface area contributed by atoms with Crippen molar-refractivity contribution in [2.24, 2.45) is 5.10 Å². The van der Waals surface area contributed by atoms with Crippen molar-refractivity contribution in [3.05, 3.63) is 65.2 Å². The van der Waals surface area contributed by atoms with E-state index >= 15 is 0 Å². The molecule has 0 amide bonds. The molecule has 0 saturated carbocycles. The summed E-state index contributed by atoms with van der Waals surface area (Å²) in [6.07, 6.45) is 2.53. The minimum Gasteiger partial charge on any atom is -0.283 e. The summed E-state index contributed by atoms with van der Waals surface area (Å²) < 4.78 is 51.4. The van der Waals surface area contributed by atoms with Crippen LogP contribution in [0.3, 0.4) is 0 Å². The lowest BCUT2D eigenvalue weighted by Crippen LogP contribution is -2.25. The van der Waals surface area contributed by atoms with Crippen LogP contribution in [0.1, 0.15) is 29.2 Å². The molecule has 0 radical (unpaired) electrons. The molecule has 7 nitrogen and oxygen atoms in total. The molecular formula is C18H21N3O4S2. The van der Waals surface area contributed by atoms with Crippen molar-refractivity contribution in [1.29, 1.82) is 0 Å². The van der Waals surface area contributed by atoms with E-state index in [4.69, 9.17) is 0 Å². The van der Waals surface area contributed by atoms with Crippen LogP contribution in [0.15, 0.2) is 53.6 Å². The van der Waals surface area contributed by atoms with Crippen LogP contribution in [0.25, 0.3) is 0 Å². The van der Waals surface area contributed by atoms with Gasteiger partial charge in [0.25, 0.3) is 0 Å². The molecule has 0 unspecified atom stereocenters. The van der Waals surface area contributed by atoms with E-state index in [1.807, 2.05) is 31.2 Å². The maximum Gasteiger partial charge on any atom is 0.247 e. The molecule has 1 heterocycles. The van der Waals surface area contributed by atoms with Crippen molar-refractivity contribution in [1.82, 2.24) is 4.41 Å². The Bertz CT molecular complexity index is 1090. The predicted molar refractivity (Wildman–Crippen MR) is 107 cm³/mol. The van der Waals surface area contributed by atoms with Crippen LogP contribution < -0.4 is 4.72 Å². The van der Waals surface area contributed by atoms with Crippen molar-refractivity contribution in [2.45, 2.75) is 19.4 Å². The third-order valence-corrected chi connectivity index (χ3v) is 5.81. The lowest BCUT2D eigenvalue weighted by Gasteiger charge is -2.21. The van der Waals surface area contributed by atoms with Crippen molar-refractivity contribution >= 4 is 31.4 Å². The lowest BCUT2D eigenvalue weighted by molar-refractivity contribution is 0.375. The van der Waals surface area contributed by atoms with Gasteiger partial charge in [-0.3, -0.25) is 4.72 Å². The second-order valence-electron chi connectivity index (χ2n) is 6.63. The summed E-state index contributed by atoms with van der Waals surface area (Å²) in [6, 6.07) is 14.0. The van der Waals surface area contributed by atoms with E-state index in [1.165, 1.54) is 0 Å². The number of aryl methyl sites for hydroxylation is 1. The molecule has 0 spiro atoms. The Hall–Kier alpha value is -2.39. The third kappa shape index (κ3) is 4.48. The fourth-order valence-corrected chi connectivity index (χ4v) is 4.50. The van der Waals surface area contributed by atoms with Crippen LogP contribution in [0, 0.1) is 6.92 Å². The minimum absolute atomic E-state index is 0.346. The number of hydrogen-bond acceptors (Lipinski definition) is 5. The Morgan fingerprint density at radius 2 is 1.63 bits per heavy atom. The summed E-state index contributed by atoms with van der Waals surface area (Å²) in [5.74, 6) is 0. The van der Waals surface area contributed by atoms with Crippen molar-refractivity contribution in [3.63, 3.8) is 0 Å². The average Bonchev–Trinajstić information content (AvgIpc) is 3.00. The summed E-state index contributed by atoms with van der Waals surface area (Å²) >= 11 is 0. The van der Waals surface area contributed by atoms with Gasteiger partial charge in [-0.25, -0.2) is 16.8 Å². The van der Waals surface area contributed by atoms with E-state index in [-0.39, 0.29) is 0 Å². The second kappa shape index (κ2) is 6.97. The molecule has 1 aliphatic heterocycles. The first-order valence-electron chi connectivity index (χ1n) is 8.25. The van der Waals surface area contributed by atoms with Gasteiger partial charge in [0.05, 0.1) is 30.0 Å². The smallest absolute Gasteiger partial charge is 0.247 e. The topological polar surface area (TPSA) is 95.9 Å². The fraction of sp³-hybridized carbons (Fsp3) is 0.278. The highest BCUT2D eigenvalue weighted by molar-refractivity contribution is 7.92. The Morgan fingerprint density at radius 3 is 2.22 bits per heavy atom. The van der Waals surface area contributed by atoms with Crippen LogP contribution in [0.2, 0.25) is 0 Å². The van der Waals surface area contributed by atoms with E-state index in [0.717, 1.165) is 28.1 Å². The zero-order valence-electron chi connectivity index (χ0n) is 15.2. The Kier molecular flexibility index (Phi) is 5.00. The summed E-state index contributed by atoms with van der Waals surface area (Å²) in [5.41, 5.74) is 3.35. The highest BCUT2D eigenvalue weighted by Crippen LogP contribution is 2.36. The van der Waals surface area contributed by atoms with Crippen LogP contribution in [0.5, 0.6) is 0 Å². The molecule has 0 saturated heterocycles. The van der Waals surface area contributed by atoms with Crippen LogP contribution in [-0.2, 0) is 20.0 Å². The molecule has 9 heteroatoms. The number of nitrogens with zero attached hydrogens (tertiary/aromatic N) is 2. The summed E-state index contributed by atoms with van der Waals surface area (Å²) in [6.45, 7) is 1.96. The number of rotatable bonds is 5. The molecular weight excluding hydrogens is 386 g/mol. The number of benzene rings is 2. The molecule has 1 aliphatic rings. The van der Waals surface area contributed by atoms with Crippen LogP contribution in [-0.4, -0.2) is 39.5 Å². The van der Waals surface area contributed by atoms with Gasteiger partial charge < -0.3 is 0 Å². The number of nitrogens with one attached hydrogen (secondary N) is 1. The highest BCUT2D eigenvalue weighted by atomic mass is 32.2. The normalized spacial score (nSPS) is 17.7. The quantitative estimate of drug-likeness (QED) is 0.824. The molecule has 27 heavy (non-hydrogen) atoms. The van der Waals surface area contributed by atoms with E-state index in [1.54, 1.807) is 24.3 Å². The average molecular weight is 408 g/mol. The third-order valence-electron chi connectivity index (χ3n) is 4.21. The largest absolute Gasteiger partial charge is 0.283 e. The lowest BCUT2D eigenvalue weighted by atomic mass is 9.98. The highest BCUT2D eigenvalue weighted by Gasteiger charge is 2.35. The molecule has 3 rings (SSSR count).